The average Bonchev–Trinajstić information content (AvgIpc) is 3.75. The number of pyridine rings is 2. The monoisotopic (exact) mass is 704 g/mol. The summed E-state index contributed by atoms with van der Waals surface area (Å²) in [7, 11) is -14.6. The third kappa shape index (κ3) is 7.34. The minimum atomic E-state index is -2.76. The van der Waals surface area contributed by atoms with E-state index in [9.17, 15) is 8.42 Å². The van der Waals surface area contributed by atoms with Crippen LogP contribution < -0.4 is 18.9 Å². The molecule has 0 aliphatic carbocycles. The highest BCUT2D eigenvalue weighted by Crippen LogP contribution is 2.28. The standard InChI is InChI=1S/2C17H19N3O3S/c2*1-10-8-18-15(11(2)16(10)23-4)9-24(21)17-19-13-6-5-12(22-3)7-14(13)20-17/h2*5-8H,9H2,1-4H3,(H,19,20)/i3D3,4D3,9D2;3D3,4D3. The SMILES string of the molecule is [2H]C([2H])([2H])Oc1ccc2nc(S(=O)C([2H])([2H])c3ncc(C)c(OC([2H])([2H])[2H])c3C)[nH]c2c1.[2H]C([2H])([2H])Oc1ccc2nc(S(=O)Cc3ncc(C)c(OC([2H])([2H])[2H])c3C)[nH]c2c1. The molecule has 0 radical (unpaired) electrons. The molecule has 6 aromatic rings. The maximum absolute atomic E-state index is 13.1. The van der Waals surface area contributed by atoms with E-state index in [1.807, 2.05) is 0 Å². The Morgan fingerprint density at radius 2 is 1.17 bits per heavy atom. The first kappa shape index (κ1) is 20.5. The number of ether oxygens (including phenoxy) is 4. The van der Waals surface area contributed by atoms with Crippen molar-refractivity contribution in [2.75, 3.05) is 28.2 Å². The number of nitrogens with one attached hydrogen (secondary N) is 2. The zero-order valence-electron chi connectivity index (χ0n) is 39.9. The second-order valence-corrected chi connectivity index (χ2v) is 12.8. The molecule has 12 nitrogen and oxygen atoms in total. The third-order valence-electron chi connectivity index (χ3n) is 7.14. The Kier molecular flexibility index (Phi) is 6.39. The zero-order valence-corrected chi connectivity index (χ0v) is 27.5. The summed E-state index contributed by atoms with van der Waals surface area (Å²) in [5.74, 6) is 0.275. The van der Waals surface area contributed by atoms with Crippen LogP contribution in [-0.4, -0.2) is 66.5 Å². The predicted octanol–water partition coefficient (Wildman–Crippen LogP) is 5.80. The Labute approximate surface area is 303 Å². The van der Waals surface area contributed by atoms with Crippen LogP contribution in [0.1, 0.15) is 52.8 Å². The lowest BCUT2D eigenvalue weighted by Crippen LogP contribution is -2.05. The van der Waals surface area contributed by atoms with E-state index < -0.39 is 55.5 Å². The second-order valence-electron chi connectivity index (χ2n) is 10.3. The minimum Gasteiger partial charge on any atom is -0.497 e. The van der Waals surface area contributed by atoms with Crippen LogP contribution in [-0.2, 0) is 33.1 Å². The fraction of sp³-hybridized carbons (Fsp3) is 0.294. The van der Waals surface area contributed by atoms with Gasteiger partial charge in [0.05, 0.1) is 111 Å². The van der Waals surface area contributed by atoms with Crippen molar-refractivity contribution in [3.05, 3.63) is 82.4 Å². The van der Waals surface area contributed by atoms with E-state index in [1.54, 1.807) is 26.8 Å². The molecule has 0 amide bonds. The smallest absolute Gasteiger partial charge is 0.197 e. The van der Waals surface area contributed by atoms with E-state index in [0.717, 1.165) is 0 Å². The number of rotatable bonds is 10. The Bertz CT molecular complexity index is 2660. The van der Waals surface area contributed by atoms with E-state index >= 15 is 0 Å². The first-order chi connectivity index (χ1) is 28.4. The van der Waals surface area contributed by atoms with E-state index in [4.69, 9.17) is 38.1 Å². The lowest BCUT2D eigenvalue weighted by Gasteiger charge is -2.11. The van der Waals surface area contributed by atoms with Gasteiger partial charge in [-0.2, -0.15) is 0 Å². The number of fused-ring (bicyclic) bond motifs is 2. The van der Waals surface area contributed by atoms with Crippen molar-refractivity contribution in [2.24, 2.45) is 0 Å². The number of hydrogen-bond donors (Lipinski definition) is 2. The Balaban J connectivity index is 0.000000235. The van der Waals surface area contributed by atoms with Crippen LogP contribution in [0.25, 0.3) is 22.1 Å². The van der Waals surface area contributed by atoms with Crippen LogP contribution in [0.3, 0.4) is 0 Å². The lowest BCUT2D eigenvalue weighted by molar-refractivity contribution is 0.407. The van der Waals surface area contributed by atoms with Gasteiger partial charge in [-0.15, -0.1) is 0 Å². The number of imidazole rings is 2. The molecule has 2 aromatic carbocycles. The number of hydrogen-bond acceptors (Lipinski definition) is 10. The minimum absolute atomic E-state index is 0.0120. The number of H-pyrrole nitrogens is 2. The quantitative estimate of drug-likeness (QED) is 0.179. The first-order valence-electron chi connectivity index (χ1n) is 20.9. The van der Waals surface area contributed by atoms with Crippen molar-refractivity contribution in [1.29, 1.82) is 0 Å². The molecule has 0 saturated heterocycles. The van der Waals surface area contributed by atoms with E-state index in [0.29, 0.717) is 44.5 Å². The van der Waals surface area contributed by atoms with Crippen LogP contribution in [0.5, 0.6) is 23.0 Å². The highest BCUT2D eigenvalue weighted by atomic mass is 32.2. The topological polar surface area (TPSA) is 154 Å². The number of nitrogens with zero attached hydrogens (tertiary/aromatic N) is 4. The summed E-state index contributed by atoms with van der Waals surface area (Å²) in [6.45, 7) is 6.34. The van der Waals surface area contributed by atoms with Gasteiger partial charge in [-0.1, -0.05) is 0 Å². The summed E-state index contributed by atoms with van der Waals surface area (Å²) in [5.41, 5.74) is 0.726. The van der Waals surface area contributed by atoms with Gasteiger partial charge in [0, 0.05) is 49.5 Å². The van der Waals surface area contributed by atoms with Gasteiger partial charge < -0.3 is 28.9 Å². The van der Waals surface area contributed by atoms with Crippen LogP contribution in [0.15, 0.2) is 59.1 Å². The first-order valence-corrected chi connectivity index (χ1v) is 16.4. The maximum Gasteiger partial charge on any atom is 0.197 e. The fourth-order valence-corrected chi connectivity index (χ4v) is 6.58. The molecule has 0 bridgehead atoms. The molecular weight excluding hydrogens is 653 g/mol. The van der Waals surface area contributed by atoms with Gasteiger partial charge in [0.1, 0.15) is 23.0 Å². The van der Waals surface area contributed by atoms with Gasteiger partial charge in [-0.3, -0.25) is 18.4 Å². The van der Waals surface area contributed by atoms with Crippen LogP contribution >= 0.6 is 0 Å². The summed E-state index contributed by atoms with van der Waals surface area (Å²) in [5, 5.41) is -0.0350. The normalized spacial score (nSPS) is 18.0. The van der Waals surface area contributed by atoms with Crippen molar-refractivity contribution in [3.63, 3.8) is 0 Å². The summed E-state index contributed by atoms with van der Waals surface area (Å²) in [6.07, 6.45) is 2.72. The van der Waals surface area contributed by atoms with E-state index in [-0.39, 0.29) is 50.3 Å². The Morgan fingerprint density at radius 3 is 1.69 bits per heavy atom. The fourth-order valence-electron chi connectivity index (χ4n) is 4.62. The van der Waals surface area contributed by atoms with Crippen LogP contribution in [0.2, 0.25) is 0 Å². The van der Waals surface area contributed by atoms with Crippen molar-refractivity contribution in [2.45, 2.75) is 49.5 Å². The number of aromatic nitrogens is 6. The molecule has 2 atom stereocenters. The van der Waals surface area contributed by atoms with Crippen LogP contribution in [0, 0.1) is 27.7 Å². The Morgan fingerprint density at radius 1 is 0.688 bits per heavy atom. The molecule has 0 aliphatic rings. The predicted molar refractivity (Wildman–Crippen MR) is 186 cm³/mol. The molecule has 14 heteroatoms. The van der Waals surface area contributed by atoms with Gasteiger partial charge in [0.15, 0.2) is 10.3 Å². The molecule has 4 aromatic heterocycles. The highest BCUT2D eigenvalue weighted by molar-refractivity contribution is 7.84. The number of benzene rings is 2. The summed E-state index contributed by atoms with van der Waals surface area (Å²) < 4.78 is 149. The maximum atomic E-state index is 13.1. The zero-order chi connectivity index (χ0) is 46.3. The summed E-state index contributed by atoms with van der Waals surface area (Å²) in [4.78, 5) is 22.3. The Hall–Kier alpha value is -4.82. The molecule has 48 heavy (non-hydrogen) atoms. The largest absolute Gasteiger partial charge is 0.497 e. The second kappa shape index (κ2) is 14.9. The van der Waals surface area contributed by atoms with Crippen molar-refractivity contribution in [3.8, 4) is 23.0 Å². The van der Waals surface area contributed by atoms with Crippen LogP contribution in [0.4, 0.5) is 0 Å². The van der Waals surface area contributed by atoms with E-state index in [1.165, 1.54) is 49.6 Å². The van der Waals surface area contributed by atoms with Gasteiger partial charge in [-0.05, 0) is 52.0 Å². The third-order valence-corrected chi connectivity index (χ3v) is 9.22. The molecule has 2 N–H and O–H groups in total. The molecule has 6 rings (SSSR count). The summed E-state index contributed by atoms with van der Waals surface area (Å²) in [6, 6.07) is 8.66. The van der Waals surface area contributed by atoms with Gasteiger partial charge in [0.25, 0.3) is 0 Å². The lowest BCUT2D eigenvalue weighted by atomic mass is 10.1. The number of methoxy groups -OCH3 is 4. The van der Waals surface area contributed by atoms with Gasteiger partial charge >= 0.3 is 0 Å². The number of aromatic amines is 2. The number of aryl methyl sites for hydroxylation is 2. The summed E-state index contributed by atoms with van der Waals surface area (Å²) >= 11 is 0. The van der Waals surface area contributed by atoms with Crippen molar-refractivity contribution < 1.29 is 46.6 Å². The molecule has 4 heterocycles. The van der Waals surface area contributed by atoms with Crippen molar-refractivity contribution in [1.82, 2.24) is 29.9 Å². The molecule has 0 aliphatic heterocycles. The molecule has 2 unspecified atom stereocenters. The highest BCUT2D eigenvalue weighted by Gasteiger charge is 2.18. The molecule has 252 valence electrons. The van der Waals surface area contributed by atoms with Crippen molar-refractivity contribution >= 4 is 43.7 Å². The van der Waals surface area contributed by atoms with Gasteiger partial charge in [0.2, 0.25) is 0 Å². The molecule has 0 spiro atoms. The average molecular weight is 705 g/mol. The molecule has 0 saturated carbocycles. The van der Waals surface area contributed by atoms with Gasteiger partial charge in [-0.25, -0.2) is 9.97 Å². The van der Waals surface area contributed by atoms with E-state index in [2.05, 4.69) is 29.9 Å². The molecular formula is C34H38N6O6S2. The molecule has 0 fully saturated rings.